The number of hydrogen-bond donors (Lipinski definition) is 1. The molecule has 4 rings (SSSR count). The quantitative estimate of drug-likeness (QED) is 0.347. The lowest BCUT2D eigenvalue weighted by Crippen LogP contribution is -2.12. The van der Waals surface area contributed by atoms with E-state index in [1.807, 2.05) is 6.92 Å². The summed E-state index contributed by atoms with van der Waals surface area (Å²) < 4.78 is 27.1. The van der Waals surface area contributed by atoms with Crippen LogP contribution in [0.2, 0.25) is 0 Å². The Balaban J connectivity index is 1.64. The predicted octanol–water partition coefficient (Wildman–Crippen LogP) is 5.26. The summed E-state index contributed by atoms with van der Waals surface area (Å²) in [7, 11) is 6.01. The van der Waals surface area contributed by atoms with E-state index in [0.29, 0.717) is 51.0 Å². The molecule has 4 aromatic rings. The van der Waals surface area contributed by atoms with Crippen LogP contribution in [-0.2, 0) is 0 Å². The van der Waals surface area contributed by atoms with E-state index >= 15 is 0 Å². The number of nitrogens with one attached hydrogen (secondary N) is 1. The minimum atomic E-state index is -0.363. The third-order valence-corrected chi connectivity index (χ3v) is 5.66. The third kappa shape index (κ3) is 4.50. The van der Waals surface area contributed by atoms with Crippen molar-refractivity contribution >= 4 is 28.3 Å². The second-order valence-electron chi connectivity index (χ2n) is 7.70. The standard InChI is InChI=1S/C27H25NO7/c1-15-20-14-18(28-27(30)17-12-22(32-3)26(34-5)23(13-17)33-4)9-10-21(20)35-25(15)24(29)16-7-6-8-19(11-16)31-2/h6-14H,1-5H3,(H,28,30). The average molecular weight is 475 g/mol. The molecule has 35 heavy (non-hydrogen) atoms. The maximum Gasteiger partial charge on any atom is 0.255 e. The van der Waals surface area contributed by atoms with Crippen molar-refractivity contribution in [3.05, 3.63) is 77.0 Å². The van der Waals surface area contributed by atoms with Gasteiger partial charge >= 0.3 is 0 Å². The minimum absolute atomic E-state index is 0.237. The first kappa shape index (κ1) is 23.7. The van der Waals surface area contributed by atoms with E-state index < -0.39 is 0 Å². The number of ether oxygens (including phenoxy) is 4. The highest BCUT2D eigenvalue weighted by Crippen LogP contribution is 2.38. The summed E-state index contributed by atoms with van der Waals surface area (Å²) in [5, 5.41) is 3.59. The zero-order valence-electron chi connectivity index (χ0n) is 20.1. The molecule has 1 aromatic heterocycles. The number of benzene rings is 3. The van der Waals surface area contributed by atoms with Crippen LogP contribution in [0.15, 0.2) is 59.0 Å². The lowest BCUT2D eigenvalue weighted by Gasteiger charge is -2.14. The van der Waals surface area contributed by atoms with E-state index in [2.05, 4.69) is 5.32 Å². The zero-order valence-corrected chi connectivity index (χ0v) is 20.1. The van der Waals surface area contributed by atoms with Crippen LogP contribution in [0.4, 0.5) is 5.69 Å². The summed E-state index contributed by atoms with van der Waals surface area (Å²) in [6.45, 7) is 1.81. The average Bonchev–Trinajstić information content (AvgIpc) is 3.22. The van der Waals surface area contributed by atoms with Gasteiger partial charge in [-0.05, 0) is 49.4 Å². The van der Waals surface area contributed by atoms with Gasteiger partial charge in [0.15, 0.2) is 17.3 Å². The fraction of sp³-hybridized carbons (Fsp3) is 0.185. The number of fused-ring (bicyclic) bond motifs is 1. The lowest BCUT2D eigenvalue weighted by atomic mass is 10.0. The second kappa shape index (κ2) is 9.80. The van der Waals surface area contributed by atoms with Gasteiger partial charge in [-0.2, -0.15) is 0 Å². The van der Waals surface area contributed by atoms with Gasteiger partial charge in [0.2, 0.25) is 11.5 Å². The van der Waals surface area contributed by atoms with E-state index in [4.69, 9.17) is 23.4 Å². The molecule has 8 heteroatoms. The molecule has 0 spiro atoms. The van der Waals surface area contributed by atoms with E-state index in [-0.39, 0.29) is 17.5 Å². The highest BCUT2D eigenvalue weighted by atomic mass is 16.5. The first-order valence-electron chi connectivity index (χ1n) is 10.7. The fourth-order valence-electron chi connectivity index (χ4n) is 3.83. The Morgan fingerprint density at radius 1 is 0.800 bits per heavy atom. The van der Waals surface area contributed by atoms with Crippen molar-refractivity contribution in [1.82, 2.24) is 0 Å². The Kier molecular flexibility index (Phi) is 6.64. The van der Waals surface area contributed by atoms with E-state index in [1.54, 1.807) is 61.7 Å². The maximum atomic E-state index is 13.1. The van der Waals surface area contributed by atoms with Gasteiger partial charge in [0.25, 0.3) is 5.91 Å². The molecule has 0 atom stereocenters. The van der Waals surface area contributed by atoms with Crippen LogP contribution in [0.1, 0.15) is 32.0 Å². The van der Waals surface area contributed by atoms with Gasteiger partial charge < -0.3 is 28.7 Å². The molecule has 0 aliphatic rings. The number of carbonyl (C=O) groups excluding carboxylic acids is 2. The number of aryl methyl sites for hydroxylation is 1. The highest BCUT2D eigenvalue weighted by molar-refractivity contribution is 6.11. The fourth-order valence-corrected chi connectivity index (χ4v) is 3.83. The molecule has 0 aliphatic heterocycles. The van der Waals surface area contributed by atoms with Crippen LogP contribution in [-0.4, -0.2) is 40.1 Å². The summed E-state index contributed by atoms with van der Waals surface area (Å²) in [5.74, 6) is 1.36. The molecule has 1 N–H and O–H groups in total. The molecule has 0 fully saturated rings. The number of methoxy groups -OCH3 is 4. The van der Waals surface area contributed by atoms with Crippen molar-refractivity contribution in [3.8, 4) is 23.0 Å². The van der Waals surface area contributed by atoms with E-state index in [9.17, 15) is 9.59 Å². The molecular formula is C27H25NO7. The molecule has 0 radical (unpaired) electrons. The number of carbonyl (C=O) groups is 2. The summed E-state index contributed by atoms with van der Waals surface area (Å²) in [5.41, 5.74) is 2.55. The monoisotopic (exact) mass is 475 g/mol. The number of furan rings is 1. The molecule has 0 bridgehead atoms. The van der Waals surface area contributed by atoms with Gasteiger partial charge in [0.05, 0.1) is 28.4 Å². The summed E-state index contributed by atoms with van der Waals surface area (Å²) in [6, 6.07) is 15.2. The number of hydrogen-bond acceptors (Lipinski definition) is 7. The van der Waals surface area contributed by atoms with Gasteiger partial charge in [-0.25, -0.2) is 0 Å². The van der Waals surface area contributed by atoms with E-state index in [0.717, 1.165) is 5.39 Å². The minimum Gasteiger partial charge on any atom is -0.497 e. The zero-order chi connectivity index (χ0) is 25.1. The van der Waals surface area contributed by atoms with Crippen LogP contribution in [0.3, 0.4) is 0 Å². The molecule has 0 aliphatic carbocycles. The third-order valence-electron chi connectivity index (χ3n) is 5.66. The van der Waals surface area contributed by atoms with Crippen molar-refractivity contribution in [2.75, 3.05) is 33.8 Å². The van der Waals surface area contributed by atoms with Crippen molar-refractivity contribution in [2.45, 2.75) is 6.92 Å². The van der Waals surface area contributed by atoms with Gasteiger partial charge in [0.1, 0.15) is 11.3 Å². The second-order valence-corrected chi connectivity index (χ2v) is 7.70. The number of ketones is 1. The van der Waals surface area contributed by atoms with Gasteiger partial charge in [0, 0.05) is 27.8 Å². The molecule has 180 valence electrons. The first-order valence-corrected chi connectivity index (χ1v) is 10.7. The van der Waals surface area contributed by atoms with Gasteiger partial charge in [-0.1, -0.05) is 12.1 Å². The Hall–Kier alpha value is -4.46. The van der Waals surface area contributed by atoms with Crippen LogP contribution >= 0.6 is 0 Å². The Bertz CT molecular complexity index is 1400. The molecule has 8 nitrogen and oxygen atoms in total. The SMILES string of the molecule is COc1cccc(C(=O)c2oc3ccc(NC(=O)c4cc(OC)c(OC)c(OC)c4)cc3c2C)c1. The molecule has 0 saturated heterocycles. The number of amides is 1. The Morgan fingerprint density at radius 3 is 2.14 bits per heavy atom. The van der Waals surface area contributed by atoms with E-state index in [1.165, 1.54) is 21.3 Å². The summed E-state index contributed by atoms with van der Waals surface area (Å²) >= 11 is 0. The Labute approximate surface area is 202 Å². The molecule has 1 amide bonds. The normalized spacial score (nSPS) is 10.7. The van der Waals surface area contributed by atoms with Gasteiger partial charge in [-0.3, -0.25) is 9.59 Å². The number of anilines is 1. The first-order chi connectivity index (χ1) is 16.9. The molecule has 3 aromatic carbocycles. The largest absolute Gasteiger partial charge is 0.497 e. The smallest absolute Gasteiger partial charge is 0.255 e. The highest BCUT2D eigenvalue weighted by Gasteiger charge is 2.21. The van der Waals surface area contributed by atoms with Crippen LogP contribution < -0.4 is 24.3 Å². The summed E-state index contributed by atoms with van der Waals surface area (Å²) in [6.07, 6.45) is 0. The Morgan fingerprint density at radius 2 is 1.51 bits per heavy atom. The lowest BCUT2D eigenvalue weighted by molar-refractivity contribution is 0.101. The van der Waals surface area contributed by atoms with Crippen molar-refractivity contribution in [1.29, 1.82) is 0 Å². The molecule has 0 saturated carbocycles. The van der Waals surface area contributed by atoms with Crippen molar-refractivity contribution < 1.29 is 33.0 Å². The maximum absolute atomic E-state index is 13.1. The van der Waals surface area contributed by atoms with Gasteiger partial charge in [-0.15, -0.1) is 0 Å². The predicted molar refractivity (Wildman–Crippen MR) is 131 cm³/mol. The summed E-state index contributed by atoms with van der Waals surface area (Å²) in [4.78, 5) is 26.1. The topological polar surface area (TPSA) is 96.2 Å². The van der Waals surface area contributed by atoms with Crippen LogP contribution in [0.5, 0.6) is 23.0 Å². The molecule has 0 unspecified atom stereocenters. The van der Waals surface area contributed by atoms with Crippen molar-refractivity contribution in [3.63, 3.8) is 0 Å². The number of rotatable bonds is 8. The molecular weight excluding hydrogens is 450 g/mol. The van der Waals surface area contributed by atoms with Crippen LogP contribution in [0.25, 0.3) is 11.0 Å². The van der Waals surface area contributed by atoms with Crippen LogP contribution in [0, 0.1) is 6.92 Å². The van der Waals surface area contributed by atoms with Crippen molar-refractivity contribution in [2.24, 2.45) is 0 Å². The molecule has 1 heterocycles.